The summed E-state index contributed by atoms with van der Waals surface area (Å²) in [6.07, 6.45) is 0.155. The molecule has 2 N–H and O–H groups in total. The maximum absolute atomic E-state index is 13.0. The first-order valence-electron chi connectivity index (χ1n) is 4.15. The van der Waals surface area contributed by atoms with E-state index < -0.39 is 18.8 Å². The van der Waals surface area contributed by atoms with E-state index in [-0.39, 0.29) is 17.4 Å². The highest BCUT2D eigenvalue weighted by molar-refractivity contribution is 14.2. The molecule has 2 rings (SSSR count). The Kier molecular flexibility index (Phi) is 3.43. The molecule has 0 fully saturated rings. The van der Waals surface area contributed by atoms with Crippen molar-refractivity contribution >= 4 is 52.0 Å². The van der Waals surface area contributed by atoms with Crippen LogP contribution in [0.15, 0.2) is 12.1 Å². The Morgan fingerprint density at radius 2 is 1.94 bits per heavy atom. The molecule has 84 valence electrons. The molecule has 0 radical (unpaired) electrons. The van der Waals surface area contributed by atoms with Gasteiger partial charge >= 0.3 is 7.12 Å². The van der Waals surface area contributed by atoms with Gasteiger partial charge in [-0.2, -0.15) is 5.10 Å². The third-order valence-electron chi connectivity index (χ3n) is 2.08. The van der Waals surface area contributed by atoms with E-state index in [4.69, 9.17) is 10.0 Å². The number of nitrogens with zero attached hydrogens (tertiary/aromatic N) is 2. The number of halogens is 3. The molecule has 1 unspecified atom stereocenters. The van der Waals surface area contributed by atoms with Gasteiger partial charge in [0, 0.05) is 11.5 Å². The second-order valence-corrected chi connectivity index (χ2v) is 5.08. The smallest absolute Gasteiger partial charge is 0.422 e. The van der Waals surface area contributed by atoms with Crippen LogP contribution in [-0.4, -0.2) is 26.7 Å². The molecule has 16 heavy (non-hydrogen) atoms. The van der Waals surface area contributed by atoms with Gasteiger partial charge in [-0.3, -0.25) is 0 Å². The van der Waals surface area contributed by atoms with Crippen molar-refractivity contribution < 1.29 is 18.8 Å². The minimum atomic E-state index is -1.80. The Morgan fingerprint density at radius 3 is 2.50 bits per heavy atom. The van der Waals surface area contributed by atoms with Crippen molar-refractivity contribution in [1.29, 1.82) is 0 Å². The van der Waals surface area contributed by atoms with E-state index in [9.17, 15) is 8.78 Å². The van der Waals surface area contributed by atoms with E-state index in [0.717, 1.165) is 12.1 Å². The maximum atomic E-state index is 13.0. The lowest BCUT2D eigenvalue weighted by Gasteiger charge is -1.97. The highest BCUT2D eigenvalue weighted by atomic mass is 127. The first-order valence-corrected chi connectivity index (χ1v) is 8.21. The number of hydrogen-bond acceptors (Lipinski definition) is 3. The zero-order valence-electron chi connectivity index (χ0n) is 7.65. The van der Waals surface area contributed by atoms with Gasteiger partial charge < -0.3 is 10.0 Å². The predicted molar refractivity (Wildman–Crippen MR) is 67.2 cm³/mol. The Balaban J connectivity index is 2.80. The van der Waals surface area contributed by atoms with Crippen molar-refractivity contribution in [3.8, 4) is 0 Å². The molecule has 0 aliphatic heterocycles. The molecule has 2 aromatic rings. The van der Waals surface area contributed by atoms with Crippen molar-refractivity contribution in [2.24, 2.45) is 0 Å². The topological polar surface area (TPSA) is 58.3 Å². The lowest BCUT2D eigenvalue weighted by molar-refractivity contribution is 0.424. The Labute approximate surface area is 104 Å². The van der Waals surface area contributed by atoms with Crippen LogP contribution >= 0.6 is 28.4 Å². The lowest BCUT2D eigenvalue weighted by Crippen LogP contribution is -2.32. The fraction of sp³-hybridized carbons (Fsp3) is 0. The fourth-order valence-corrected chi connectivity index (χ4v) is 2.91. The van der Waals surface area contributed by atoms with Crippen molar-refractivity contribution in [2.45, 2.75) is 0 Å². The molecule has 1 heterocycles. The largest absolute Gasteiger partial charge is 0.510 e. The van der Waals surface area contributed by atoms with E-state index in [1.807, 2.05) is 22.0 Å². The molecule has 1 aromatic heterocycles. The monoisotopic (exact) mass is 356 g/mol. The van der Waals surface area contributed by atoms with Crippen molar-refractivity contribution in [2.75, 3.05) is 0 Å². The zero-order valence-corrected chi connectivity index (χ0v) is 10.8. The van der Waals surface area contributed by atoms with E-state index in [2.05, 4.69) is 5.10 Å². The molecule has 0 aliphatic carbocycles. The summed E-state index contributed by atoms with van der Waals surface area (Å²) in [5, 5.41) is 22.2. The van der Waals surface area contributed by atoms with Gasteiger partial charge in [0.15, 0.2) is 11.6 Å². The van der Waals surface area contributed by atoms with Crippen LogP contribution in [0.25, 0.3) is 10.9 Å². The molecule has 0 saturated heterocycles. The minimum Gasteiger partial charge on any atom is -0.422 e. The highest BCUT2D eigenvalue weighted by Gasteiger charge is 2.22. The molecule has 9 heteroatoms. The number of rotatable bonds is 2. The van der Waals surface area contributed by atoms with Crippen LogP contribution in [0.1, 0.15) is 0 Å². The predicted octanol–water partition coefficient (Wildman–Crippen LogP) is 0.786. The highest BCUT2D eigenvalue weighted by Crippen LogP contribution is 2.28. The molecule has 0 spiro atoms. The van der Waals surface area contributed by atoms with Crippen LogP contribution in [0.4, 0.5) is 8.78 Å². The summed E-state index contributed by atoms with van der Waals surface area (Å²) in [7, 11) is -1.80. The van der Waals surface area contributed by atoms with Gasteiger partial charge in [-0.05, 0) is 28.1 Å². The zero-order chi connectivity index (χ0) is 11.9. The third-order valence-corrected chi connectivity index (χ3v) is 3.95. The summed E-state index contributed by atoms with van der Waals surface area (Å²) in [4.78, 5) is 0. The molecule has 1 atom stereocenters. The summed E-state index contributed by atoms with van der Waals surface area (Å²) >= 11 is 2.01. The standard InChI is InChI=1S/C7H5BF2IN2O2P/c9-4-1-3-6(2-5(4)10)13(16-11)12-7(3)8(14)15/h1-2,14-16H. The van der Waals surface area contributed by atoms with Crippen molar-refractivity contribution in [1.82, 2.24) is 9.55 Å². The second-order valence-electron chi connectivity index (χ2n) is 3.04. The molecular weight excluding hydrogens is 351 g/mol. The van der Waals surface area contributed by atoms with Gasteiger partial charge in [-0.25, -0.2) is 13.2 Å². The van der Waals surface area contributed by atoms with Crippen LogP contribution < -0.4 is 5.59 Å². The fourth-order valence-electron chi connectivity index (χ4n) is 1.39. The van der Waals surface area contributed by atoms with Crippen LogP contribution in [0.3, 0.4) is 0 Å². The van der Waals surface area contributed by atoms with Gasteiger partial charge in [0.05, 0.1) is 11.9 Å². The van der Waals surface area contributed by atoms with Gasteiger partial charge in [0.25, 0.3) is 0 Å². The molecular formula is C7H5BF2IN2O2P. The molecule has 4 nitrogen and oxygen atoms in total. The minimum absolute atomic E-state index is 0.0712. The Morgan fingerprint density at radius 1 is 1.31 bits per heavy atom. The van der Waals surface area contributed by atoms with E-state index in [1.54, 1.807) is 0 Å². The van der Waals surface area contributed by atoms with Crippen molar-refractivity contribution in [3.05, 3.63) is 23.8 Å². The van der Waals surface area contributed by atoms with Crippen molar-refractivity contribution in [3.63, 3.8) is 0 Å². The van der Waals surface area contributed by atoms with Gasteiger partial charge in [0.2, 0.25) is 0 Å². The molecule has 0 amide bonds. The number of benzene rings is 1. The first kappa shape index (κ1) is 12.2. The van der Waals surface area contributed by atoms with E-state index in [1.165, 1.54) is 4.45 Å². The Bertz CT molecular complexity index is 551. The molecule has 0 saturated carbocycles. The summed E-state index contributed by atoms with van der Waals surface area (Å²) in [6, 6.07) is 1.91. The number of hydrogen-bond donors (Lipinski definition) is 2. The molecule has 0 bridgehead atoms. The summed E-state index contributed by atoms with van der Waals surface area (Å²) in [5.41, 5.74) is 0.271. The molecule has 1 aromatic carbocycles. The van der Waals surface area contributed by atoms with Crippen LogP contribution in [0.2, 0.25) is 0 Å². The first-order chi connectivity index (χ1) is 7.54. The van der Waals surface area contributed by atoms with Crippen LogP contribution in [0.5, 0.6) is 0 Å². The summed E-state index contributed by atoms with van der Waals surface area (Å²) < 4.78 is 27.5. The van der Waals surface area contributed by atoms with E-state index >= 15 is 0 Å². The second kappa shape index (κ2) is 4.52. The lowest BCUT2D eigenvalue weighted by atomic mass is 9.84. The maximum Gasteiger partial charge on any atom is 0.510 e. The SMILES string of the molecule is OB(O)c1nn(PI)c2cc(F)c(F)cc12. The third kappa shape index (κ3) is 1.94. The summed E-state index contributed by atoms with van der Waals surface area (Å²) in [6.45, 7) is 0. The number of fused-ring (bicyclic) bond motifs is 1. The average molecular weight is 356 g/mol. The van der Waals surface area contributed by atoms with Gasteiger partial charge in [-0.1, -0.05) is 0 Å². The van der Waals surface area contributed by atoms with Crippen LogP contribution in [0, 0.1) is 11.6 Å². The number of aromatic nitrogens is 2. The average Bonchev–Trinajstić information content (AvgIpc) is 2.57. The Hall–Kier alpha value is -0.305. The van der Waals surface area contributed by atoms with Gasteiger partial charge in [0.1, 0.15) is 5.59 Å². The summed E-state index contributed by atoms with van der Waals surface area (Å²) in [5.74, 6) is -2.02. The quantitative estimate of drug-likeness (QED) is 0.475. The van der Waals surface area contributed by atoms with Gasteiger partial charge in [-0.15, -0.1) is 0 Å². The normalized spacial score (nSPS) is 11.8. The molecule has 0 aliphatic rings. The van der Waals surface area contributed by atoms with E-state index in [0.29, 0.717) is 5.52 Å². The van der Waals surface area contributed by atoms with Crippen LogP contribution in [-0.2, 0) is 0 Å².